The van der Waals surface area contributed by atoms with E-state index in [1.54, 1.807) is 11.1 Å². The van der Waals surface area contributed by atoms with E-state index in [1.165, 1.54) is 0 Å². The monoisotopic (exact) mass is 246 g/mol. The number of carbonyl (C=O) groups excluding carboxylic acids is 1. The van der Waals surface area contributed by atoms with Crippen LogP contribution in [0.4, 0.5) is 0 Å². The predicted octanol–water partition coefficient (Wildman–Crippen LogP) is 1.49. The molecule has 18 heavy (non-hydrogen) atoms. The molecule has 1 aliphatic rings. The summed E-state index contributed by atoms with van der Waals surface area (Å²) in [4.78, 5) is 11.9. The van der Waals surface area contributed by atoms with E-state index in [1.807, 2.05) is 30.3 Å². The molecule has 1 N–H and O–H groups in total. The molecule has 0 radical (unpaired) electrons. The third kappa shape index (κ3) is 3.18. The molecule has 2 rings (SSSR count). The van der Waals surface area contributed by atoms with E-state index >= 15 is 0 Å². The number of nitrogens with one attached hydrogen (secondary N) is 1. The van der Waals surface area contributed by atoms with Crippen molar-refractivity contribution in [3.63, 3.8) is 0 Å². The van der Waals surface area contributed by atoms with E-state index in [0.29, 0.717) is 19.7 Å². The summed E-state index contributed by atoms with van der Waals surface area (Å²) in [5.41, 5.74) is 4.29. The van der Waals surface area contributed by atoms with Gasteiger partial charge in [-0.3, -0.25) is 9.80 Å². The Morgan fingerprint density at radius 1 is 1.44 bits per heavy atom. The molecule has 1 aromatic carbocycles. The van der Waals surface area contributed by atoms with Gasteiger partial charge < -0.3 is 4.74 Å². The number of hydrogen-bond donors (Lipinski definition) is 1. The Hall–Kier alpha value is -1.65. The Balaban J connectivity index is 1.81. The third-order valence-electron chi connectivity index (χ3n) is 2.89. The van der Waals surface area contributed by atoms with E-state index in [-0.39, 0.29) is 12.0 Å². The van der Waals surface area contributed by atoms with Gasteiger partial charge in [-0.15, -0.1) is 6.58 Å². The first-order valence-electron chi connectivity index (χ1n) is 6.12. The van der Waals surface area contributed by atoms with Crippen LogP contribution >= 0.6 is 0 Å². The lowest BCUT2D eigenvalue weighted by atomic mass is 10.2. The van der Waals surface area contributed by atoms with Crippen LogP contribution in [0.25, 0.3) is 0 Å². The lowest BCUT2D eigenvalue weighted by Gasteiger charge is -2.17. The van der Waals surface area contributed by atoms with Gasteiger partial charge >= 0.3 is 0 Å². The molecule has 1 atom stereocenters. The van der Waals surface area contributed by atoms with Gasteiger partial charge in [-0.25, -0.2) is 5.43 Å². The van der Waals surface area contributed by atoms with Crippen molar-refractivity contribution < 1.29 is 9.53 Å². The fourth-order valence-corrected chi connectivity index (χ4v) is 1.93. The molecule has 1 heterocycles. The molecule has 0 aromatic heterocycles. The average molecular weight is 246 g/mol. The molecule has 96 valence electrons. The number of benzene rings is 1. The number of hydrazine groups is 1. The summed E-state index contributed by atoms with van der Waals surface area (Å²) in [5.74, 6) is 0.00720. The summed E-state index contributed by atoms with van der Waals surface area (Å²) in [7, 11) is 0. The Morgan fingerprint density at radius 3 is 2.94 bits per heavy atom. The molecule has 1 fully saturated rings. The first-order chi connectivity index (χ1) is 8.81. The van der Waals surface area contributed by atoms with E-state index < -0.39 is 0 Å². The topological polar surface area (TPSA) is 41.6 Å². The van der Waals surface area contributed by atoms with Crippen molar-refractivity contribution in [2.24, 2.45) is 0 Å². The molecular weight excluding hydrogens is 228 g/mol. The molecule has 4 heteroatoms. The standard InChI is InChI=1S/C14H18N2O2/c1-2-10-18-13-8-9-16(14(13)17)15-11-12-6-4-3-5-7-12/h2-7,13,15H,1,8-11H2. The van der Waals surface area contributed by atoms with Crippen molar-refractivity contribution in [2.75, 3.05) is 13.2 Å². The normalized spacial score (nSPS) is 19.2. The van der Waals surface area contributed by atoms with Gasteiger partial charge in [0.25, 0.3) is 5.91 Å². The summed E-state index contributed by atoms with van der Waals surface area (Å²) in [6.45, 7) is 5.34. The molecule has 4 nitrogen and oxygen atoms in total. The summed E-state index contributed by atoms with van der Waals surface area (Å²) in [5, 5.41) is 1.64. The number of amides is 1. The third-order valence-corrected chi connectivity index (χ3v) is 2.89. The van der Waals surface area contributed by atoms with Crippen LogP contribution in [0.5, 0.6) is 0 Å². The maximum atomic E-state index is 11.9. The second-order valence-electron chi connectivity index (χ2n) is 4.21. The highest BCUT2D eigenvalue weighted by molar-refractivity contribution is 5.82. The lowest BCUT2D eigenvalue weighted by molar-refractivity contribution is -0.139. The van der Waals surface area contributed by atoms with Crippen LogP contribution in [0.15, 0.2) is 43.0 Å². The molecule has 0 aliphatic carbocycles. The molecule has 0 bridgehead atoms. The Morgan fingerprint density at radius 2 is 2.22 bits per heavy atom. The highest BCUT2D eigenvalue weighted by atomic mass is 16.5. The Kier molecular flexibility index (Phi) is 4.50. The fraction of sp³-hybridized carbons (Fsp3) is 0.357. The van der Waals surface area contributed by atoms with Crippen molar-refractivity contribution in [3.05, 3.63) is 48.6 Å². The minimum Gasteiger partial charge on any atom is -0.364 e. The molecule has 1 saturated heterocycles. The van der Waals surface area contributed by atoms with Gasteiger partial charge in [0.2, 0.25) is 0 Å². The van der Waals surface area contributed by atoms with Crippen molar-refractivity contribution in [2.45, 2.75) is 19.1 Å². The lowest BCUT2D eigenvalue weighted by Crippen LogP contribution is -2.41. The van der Waals surface area contributed by atoms with E-state index in [0.717, 1.165) is 12.0 Å². The highest BCUT2D eigenvalue weighted by Gasteiger charge is 2.31. The van der Waals surface area contributed by atoms with Gasteiger partial charge in [-0.2, -0.15) is 0 Å². The van der Waals surface area contributed by atoms with Gasteiger partial charge in [-0.1, -0.05) is 36.4 Å². The second kappa shape index (κ2) is 6.33. The average Bonchev–Trinajstić information content (AvgIpc) is 2.76. The fourth-order valence-electron chi connectivity index (χ4n) is 1.93. The highest BCUT2D eigenvalue weighted by Crippen LogP contribution is 2.13. The summed E-state index contributed by atoms with van der Waals surface area (Å²) in [6.07, 6.45) is 2.06. The zero-order valence-electron chi connectivity index (χ0n) is 10.3. The maximum absolute atomic E-state index is 11.9. The van der Waals surface area contributed by atoms with Gasteiger partial charge in [0.1, 0.15) is 6.10 Å². The predicted molar refractivity (Wildman–Crippen MR) is 69.5 cm³/mol. The van der Waals surface area contributed by atoms with E-state index in [4.69, 9.17) is 4.74 Å². The minimum atomic E-state index is -0.328. The van der Waals surface area contributed by atoms with Crippen LogP contribution in [0.3, 0.4) is 0 Å². The van der Waals surface area contributed by atoms with Crippen molar-refractivity contribution >= 4 is 5.91 Å². The van der Waals surface area contributed by atoms with Crippen LogP contribution in [0, 0.1) is 0 Å². The van der Waals surface area contributed by atoms with Gasteiger partial charge in [0.15, 0.2) is 0 Å². The molecule has 1 unspecified atom stereocenters. The van der Waals surface area contributed by atoms with Gasteiger partial charge in [0.05, 0.1) is 6.61 Å². The largest absolute Gasteiger partial charge is 0.364 e. The number of nitrogens with zero attached hydrogens (tertiary/aromatic N) is 1. The minimum absolute atomic E-state index is 0.00720. The van der Waals surface area contributed by atoms with Gasteiger partial charge in [0, 0.05) is 19.5 Å². The smallest absolute Gasteiger partial charge is 0.265 e. The zero-order chi connectivity index (χ0) is 12.8. The Bertz CT molecular complexity index is 406. The number of ether oxygens (including phenoxy) is 1. The van der Waals surface area contributed by atoms with Crippen molar-refractivity contribution in [3.8, 4) is 0 Å². The summed E-state index contributed by atoms with van der Waals surface area (Å²) < 4.78 is 5.40. The number of hydrogen-bond acceptors (Lipinski definition) is 3. The summed E-state index contributed by atoms with van der Waals surface area (Å²) >= 11 is 0. The first kappa shape index (κ1) is 12.8. The van der Waals surface area contributed by atoms with Crippen molar-refractivity contribution in [1.29, 1.82) is 0 Å². The molecule has 1 amide bonds. The van der Waals surface area contributed by atoms with Crippen LogP contribution in [-0.4, -0.2) is 30.2 Å². The van der Waals surface area contributed by atoms with E-state index in [2.05, 4.69) is 12.0 Å². The summed E-state index contributed by atoms with van der Waals surface area (Å²) in [6, 6.07) is 10.00. The molecule has 0 saturated carbocycles. The number of carbonyl (C=O) groups is 1. The van der Waals surface area contributed by atoms with E-state index in [9.17, 15) is 4.79 Å². The number of rotatable bonds is 6. The van der Waals surface area contributed by atoms with Crippen LogP contribution in [-0.2, 0) is 16.1 Å². The SMILES string of the molecule is C=CCOC1CCN(NCc2ccccc2)C1=O. The maximum Gasteiger partial charge on any atom is 0.265 e. The van der Waals surface area contributed by atoms with Crippen LogP contribution in [0.2, 0.25) is 0 Å². The van der Waals surface area contributed by atoms with Crippen LogP contribution in [0.1, 0.15) is 12.0 Å². The van der Waals surface area contributed by atoms with Gasteiger partial charge in [-0.05, 0) is 5.56 Å². The molecule has 0 spiro atoms. The second-order valence-corrected chi connectivity index (χ2v) is 4.21. The molecule has 1 aromatic rings. The van der Waals surface area contributed by atoms with Crippen LogP contribution < -0.4 is 5.43 Å². The first-order valence-corrected chi connectivity index (χ1v) is 6.12. The molecular formula is C14H18N2O2. The van der Waals surface area contributed by atoms with Crippen molar-refractivity contribution in [1.82, 2.24) is 10.4 Å². The molecule has 1 aliphatic heterocycles. The Labute approximate surface area is 107 Å². The quantitative estimate of drug-likeness (QED) is 0.773. The zero-order valence-corrected chi connectivity index (χ0v) is 10.3.